The van der Waals surface area contributed by atoms with Crippen molar-refractivity contribution < 1.29 is 27.5 Å². The van der Waals surface area contributed by atoms with Crippen LogP contribution in [0.1, 0.15) is 37.6 Å². The summed E-state index contributed by atoms with van der Waals surface area (Å²) in [6.07, 6.45) is 1.31. The van der Waals surface area contributed by atoms with Crippen molar-refractivity contribution in [1.29, 1.82) is 0 Å². The van der Waals surface area contributed by atoms with Crippen molar-refractivity contribution in [1.82, 2.24) is 5.32 Å². The van der Waals surface area contributed by atoms with E-state index in [2.05, 4.69) is 5.32 Å². The van der Waals surface area contributed by atoms with Gasteiger partial charge in [0.25, 0.3) is 0 Å². The molecule has 0 spiro atoms. The molecule has 0 saturated carbocycles. The lowest BCUT2D eigenvalue weighted by atomic mass is 10.1. The summed E-state index contributed by atoms with van der Waals surface area (Å²) in [6.45, 7) is 6.61. The fourth-order valence-corrected chi connectivity index (χ4v) is 3.53. The van der Waals surface area contributed by atoms with E-state index >= 15 is 0 Å². The molecule has 1 aromatic rings. The van der Waals surface area contributed by atoms with Crippen molar-refractivity contribution in [3.8, 4) is 0 Å². The lowest BCUT2D eigenvalue weighted by molar-refractivity contribution is 0.0508. The summed E-state index contributed by atoms with van der Waals surface area (Å²) in [5, 5.41) is 2.85. The van der Waals surface area contributed by atoms with Gasteiger partial charge in [-0.15, -0.1) is 0 Å². The lowest BCUT2D eigenvalue weighted by Crippen LogP contribution is -2.40. The summed E-state index contributed by atoms with van der Waals surface area (Å²) in [5.74, 6) is -0.618. The fourth-order valence-electron chi connectivity index (χ4n) is 3.03. The molecule has 1 atom stereocenters. The van der Waals surface area contributed by atoms with E-state index in [0.717, 1.165) is 22.7 Å². The Bertz CT molecular complexity index is 878. The van der Waals surface area contributed by atoms with Crippen molar-refractivity contribution in [3.05, 3.63) is 23.8 Å². The highest BCUT2D eigenvalue weighted by molar-refractivity contribution is 7.92. The lowest BCUT2D eigenvalue weighted by Gasteiger charge is -2.24. The third kappa shape index (κ3) is 5.99. The molecule has 1 aliphatic rings. The van der Waals surface area contributed by atoms with Crippen LogP contribution in [-0.2, 0) is 19.5 Å². The van der Waals surface area contributed by atoms with Gasteiger partial charge < -0.3 is 19.7 Å². The van der Waals surface area contributed by atoms with E-state index in [4.69, 9.17) is 9.47 Å². The number of benzene rings is 1. The maximum atomic E-state index is 12.1. The Hall–Kier alpha value is -2.49. The van der Waals surface area contributed by atoms with E-state index in [1.807, 2.05) is 4.90 Å². The van der Waals surface area contributed by atoms with Crippen LogP contribution >= 0.6 is 0 Å². The second-order valence-corrected chi connectivity index (χ2v) is 10.0. The molecule has 0 aromatic heterocycles. The zero-order valence-electron chi connectivity index (χ0n) is 17.7. The number of carbonyl (C=O) groups is 2. The summed E-state index contributed by atoms with van der Waals surface area (Å²) < 4.78 is 35.1. The average molecular weight is 428 g/mol. The number of hydrogen-bond acceptors (Lipinski definition) is 7. The van der Waals surface area contributed by atoms with Gasteiger partial charge in [-0.3, -0.25) is 4.31 Å². The maximum absolute atomic E-state index is 12.1. The van der Waals surface area contributed by atoms with Gasteiger partial charge in [-0.1, -0.05) is 0 Å². The molecule has 2 rings (SSSR count). The number of nitrogens with zero attached hydrogens (tertiary/aromatic N) is 2. The van der Waals surface area contributed by atoms with Crippen LogP contribution < -0.4 is 14.5 Å². The number of ether oxygens (including phenoxy) is 2. The summed E-state index contributed by atoms with van der Waals surface area (Å²) in [5.41, 5.74) is 0.570. The fraction of sp³-hybridized carbons (Fsp3) is 0.579. The first-order chi connectivity index (χ1) is 13.3. The minimum Gasteiger partial charge on any atom is -0.465 e. The van der Waals surface area contributed by atoms with Gasteiger partial charge >= 0.3 is 12.1 Å². The summed E-state index contributed by atoms with van der Waals surface area (Å²) in [7, 11) is -0.940. The SMILES string of the molecule is COC(=O)c1ccc(N2CC[C@@H](NC(=O)OC(C)(C)C)C2)cc1N(C)S(C)(=O)=O. The van der Waals surface area contributed by atoms with E-state index in [9.17, 15) is 18.0 Å². The summed E-state index contributed by atoms with van der Waals surface area (Å²) in [4.78, 5) is 26.1. The van der Waals surface area contributed by atoms with E-state index in [-0.39, 0.29) is 17.3 Å². The van der Waals surface area contributed by atoms with Gasteiger partial charge in [-0.25, -0.2) is 18.0 Å². The van der Waals surface area contributed by atoms with E-state index < -0.39 is 27.7 Å². The molecule has 1 amide bonds. The van der Waals surface area contributed by atoms with Crippen molar-refractivity contribution in [3.63, 3.8) is 0 Å². The van der Waals surface area contributed by atoms with Gasteiger partial charge in [-0.2, -0.15) is 0 Å². The van der Waals surface area contributed by atoms with Gasteiger partial charge in [0, 0.05) is 25.8 Å². The first-order valence-electron chi connectivity index (χ1n) is 9.22. The Morgan fingerprint density at radius 1 is 1.28 bits per heavy atom. The second-order valence-electron chi connectivity index (χ2n) is 8.00. The van der Waals surface area contributed by atoms with Crippen molar-refractivity contribution in [2.45, 2.75) is 38.8 Å². The number of anilines is 2. The molecule has 0 radical (unpaired) electrons. The van der Waals surface area contributed by atoms with Crippen molar-refractivity contribution in [2.75, 3.05) is 42.7 Å². The Labute approximate surface area is 172 Å². The molecule has 1 aromatic carbocycles. The molecule has 1 fully saturated rings. The first kappa shape index (κ1) is 22.8. The van der Waals surface area contributed by atoms with Crippen molar-refractivity contribution >= 4 is 33.5 Å². The van der Waals surface area contributed by atoms with Gasteiger partial charge in [-0.05, 0) is 45.4 Å². The molecular formula is C19H29N3O6S. The van der Waals surface area contributed by atoms with Crippen LogP contribution in [0.5, 0.6) is 0 Å². The predicted molar refractivity (Wildman–Crippen MR) is 111 cm³/mol. The van der Waals surface area contributed by atoms with Crippen LogP contribution in [0.2, 0.25) is 0 Å². The van der Waals surface area contributed by atoms with Gasteiger partial charge in [0.05, 0.1) is 30.7 Å². The quantitative estimate of drug-likeness (QED) is 0.716. The molecule has 1 saturated heterocycles. The minimum atomic E-state index is -3.57. The van der Waals surface area contributed by atoms with Crippen LogP contribution in [0, 0.1) is 0 Å². The van der Waals surface area contributed by atoms with Crippen molar-refractivity contribution in [2.24, 2.45) is 0 Å². The number of rotatable bonds is 5. The first-order valence-corrected chi connectivity index (χ1v) is 11.1. The maximum Gasteiger partial charge on any atom is 0.407 e. The van der Waals surface area contributed by atoms with Crippen LogP contribution in [0.15, 0.2) is 18.2 Å². The van der Waals surface area contributed by atoms with Gasteiger partial charge in [0.2, 0.25) is 10.0 Å². The third-order valence-electron chi connectivity index (χ3n) is 4.50. The number of amides is 1. The van der Waals surface area contributed by atoms with Crippen LogP contribution in [0.25, 0.3) is 0 Å². The third-order valence-corrected chi connectivity index (χ3v) is 5.69. The molecule has 10 heteroatoms. The highest BCUT2D eigenvalue weighted by atomic mass is 32.2. The summed E-state index contributed by atoms with van der Waals surface area (Å²) in [6, 6.07) is 4.83. The van der Waals surface area contributed by atoms with Gasteiger partial charge in [0.15, 0.2) is 0 Å². The second kappa shape index (κ2) is 8.48. The molecule has 1 N–H and O–H groups in total. The molecule has 0 bridgehead atoms. The average Bonchev–Trinajstić information content (AvgIpc) is 3.05. The van der Waals surface area contributed by atoms with Crippen LogP contribution in [-0.4, -0.2) is 65.6 Å². The molecule has 0 unspecified atom stereocenters. The molecule has 1 heterocycles. The zero-order chi connectivity index (χ0) is 22.0. The molecule has 9 nitrogen and oxygen atoms in total. The molecule has 0 aliphatic carbocycles. The van der Waals surface area contributed by atoms with E-state index in [1.54, 1.807) is 39.0 Å². The highest BCUT2D eigenvalue weighted by Gasteiger charge is 2.28. The Kier molecular flexibility index (Phi) is 6.67. The van der Waals surface area contributed by atoms with Gasteiger partial charge in [0.1, 0.15) is 5.60 Å². The number of carbonyl (C=O) groups excluding carboxylic acids is 2. The molecule has 162 valence electrons. The van der Waals surface area contributed by atoms with E-state index in [1.165, 1.54) is 14.2 Å². The normalized spacial score (nSPS) is 17.0. The minimum absolute atomic E-state index is 0.0961. The number of alkyl carbamates (subject to hydrolysis) is 1. The number of sulfonamides is 1. The largest absolute Gasteiger partial charge is 0.465 e. The number of hydrogen-bond donors (Lipinski definition) is 1. The topological polar surface area (TPSA) is 105 Å². The predicted octanol–water partition coefficient (Wildman–Crippen LogP) is 1.97. The molecule has 1 aliphatic heterocycles. The molecule has 29 heavy (non-hydrogen) atoms. The Balaban J connectivity index is 2.21. The highest BCUT2D eigenvalue weighted by Crippen LogP contribution is 2.30. The van der Waals surface area contributed by atoms with Crippen LogP contribution in [0.4, 0.5) is 16.2 Å². The monoisotopic (exact) mass is 427 g/mol. The number of methoxy groups -OCH3 is 1. The van der Waals surface area contributed by atoms with E-state index in [0.29, 0.717) is 13.1 Å². The number of esters is 1. The zero-order valence-corrected chi connectivity index (χ0v) is 18.5. The Morgan fingerprint density at radius 3 is 2.48 bits per heavy atom. The molecular weight excluding hydrogens is 398 g/mol. The standard InChI is InChI=1S/C19H29N3O6S/c1-19(2,3)28-18(24)20-13-9-10-22(12-13)14-7-8-15(17(23)27-5)16(11-14)21(4)29(6,25)26/h7-8,11,13H,9-10,12H2,1-6H3,(H,20,24)/t13-/m1/s1. The smallest absolute Gasteiger partial charge is 0.407 e. The Morgan fingerprint density at radius 2 is 1.93 bits per heavy atom. The summed E-state index contributed by atoms with van der Waals surface area (Å²) >= 11 is 0. The number of nitrogens with one attached hydrogen (secondary N) is 1. The van der Waals surface area contributed by atoms with Crippen LogP contribution in [0.3, 0.4) is 0 Å².